The lowest BCUT2D eigenvalue weighted by Crippen LogP contribution is -2.41. The van der Waals surface area contributed by atoms with Gasteiger partial charge in [-0.3, -0.25) is 0 Å². The summed E-state index contributed by atoms with van der Waals surface area (Å²) in [6, 6.07) is 6.36. The van der Waals surface area contributed by atoms with Gasteiger partial charge in [0.2, 0.25) is 10.0 Å². The number of rotatable bonds is 6. The van der Waals surface area contributed by atoms with Crippen molar-refractivity contribution in [2.45, 2.75) is 24.7 Å². The third kappa shape index (κ3) is 4.85. The molecule has 0 unspecified atom stereocenters. The predicted molar refractivity (Wildman–Crippen MR) is 89.5 cm³/mol. The Balaban J connectivity index is 1.86. The molecule has 1 amide bonds. The molecule has 1 heterocycles. The van der Waals surface area contributed by atoms with Crippen LogP contribution in [-0.2, 0) is 14.8 Å². The third-order valence-electron chi connectivity index (χ3n) is 4.05. The summed E-state index contributed by atoms with van der Waals surface area (Å²) in [6.07, 6.45) is 1.17. The molecule has 0 bridgehead atoms. The van der Waals surface area contributed by atoms with Crippen molar-refractivity contribution >= 4 is 16.1 Å². The van der Waals surface area contributed by atoms with Gasteiger partial charge in [-0.05, 0) is 49.9 Å². The van der Waals surface area contributed by atoms with Gasteiger partial charge in [-0.15, -0.1) is 0 Å². The van der Waals surface area contributed by atoms with Crippen molar-refractivity contribution in [3.05, 3.63) is 24.3 Å². The highest BCUT2D eigenvalue weighted by molar-refractivity contribution is 7.89. The van der Waals surface area contributed by atoms with Gasteiger partial charge in [-0.2, -0.15) is 0 Å². The van der Waals surface area contributed by atoms with Crippen molar-refractivity contribution in [2.75, 3.05) is 33.4 Å². The largest absolute Gasteiger partial charge is 0.494 e. The van der Waals surface area contributed by atoms with Crippen LogP contribution in [0.4, 0.5) is 4.79 Å². The van der Waals surface area contributed by atoms with Crippen LogP contribution in [0.3, 0.4) is 0 Å². The highest BCUT2D eigenvalue weighted by atomic mass is 32.2. The third-order valence-corrected chi connectivity index (χ3v) is 5.49. The van der Waals surface area contributed by atoms with Gasteiger partial charge in [-0.25, -0.2) is 17.9 Å². The number of ether oxygens (including phenoxy) is 2. The molecule has 1 saturated heterocycles. The minimum Gasteiger partial charge on any atom is -0.494 e. The Hall–Kier alpha value is -1.80. The van der Waals surface area contributed by atoms with Crippen LogP contribution in [0.25, 0.3) is 0 Å². The molecule has 0 spiro atoms. The Bertz CT molecular complexity index is 637. The van der Waals surface area contributed by atoms with E-state index in [0.717, 1.165) is 12.8 Å². The van der Waals surface area contributed by atoms with Crippen LogP contribution >= 0.6 is 0 Å². The molecule has 0 atom stereocenters. The summed E-state index contributed by atoms with van der Waals surface area (Å²) in [7, 11) is -2.18. The van der Waals surface area contributed by atoms with Crippen LogP contribution in [0.15, 0.2) is 29.2 Å². The van der Waals surface area contributed by atoms with Crippen LogP contribution in [0.2, 0.25) is 0 Å². The number of carbonyl (C=O) groups excluding carboxylic acids is 1. The second-order valence-corrected chi connectivity index (χ2v) is 7.42. The minimum absolute atomic E-state index is 0.211. The van der Waals surface area contributed by atoms with E-state index in [1.54, 1.807) is 17.0 Å². The molecule has 0 aliphatic carbocycles. The second kappa shape index (κ2) is 8.34. The van der Waals surface area contributed by atoms with Crippen molar-refractivity contribution in [3.8, 4) is 5.75 Å². The first-order chi connectivity index (χ1) is 11.5. The first kappa shape index (κ1) is 18.5. The number of nitrogens with one attached hydrogen (secondary N) is 1. The van der Waals surface area contributed by atoms with E-state index < -0.39 is 10.0 Å². The molecule has 7 nitrogen and oxygen atoms in total. The number of methoxy groups -OCH3 is 1. The van der Waals surface area contributed by atoms with Gasteiger partial charge in [0, 0.05) is 19.6 Å². The Morgan fingerprint density at radius 2 is 1.88 bits per heavy atom. The molecule has 1 aliphatic rings. The zero-order valence-corrected chi connectivity index (χ0v) is 14.8. The normalized spacial score (nSPS) is 16.0. The molecule has 1 aliphatic heterocycles. The van der Waals surface area contributed by atoms with E-state index in [4.69, 9.17) is 4.74 Å². The Kier molecular flexibility index (Phi) is 6.44. The van der Waals surface area contributed by atoms with Gasteiger partial charge in [0.15, 0.2) is 0 Å². The van der Waals surface area contributed by atoms with E-state index >= 15 is 0 Å². The van der Waals surface area contributed by atoms with Crippen LogP contribution in [0, 0.1) is 5.92 Å². The maximum atomic E-state index is 12.3. The van der Waals surface area contributed by atoms with Crippen molar-refractivity contribution in [1.29, 1.82) is 0 Å². The van der Waals surface area contributed by atoms with Crippen molar-refractivity contribution in [2.24, 2.45) is 5.92 Å². The minimum atomic E-state index is -3.54. The molecular formula is C16H24N2O5S. The lowest BCUT2D eigenvalue weighted by molar-refractivity contribution is 0.106. The maximum absolute atomic E-state index is 12.3. The van der Waals surface area contributed by atoms with E-state index in [0.29, 0.717) is 32.0 Å². The summed E-state index contributed by atoms with van der Waals surface area (Å²) >= 11 is 0. The Labute approximate surface area is 143 Å². The van der Waals surface area contributed by atoms with Crippen LogP contribution in [0.5, 0.6) is 5.75 Å². The fourth-order valence-electron chi connectivity index (χ4n) is 2.64. The number of amides is 1. The number of hydrogen-bond acceptors (Lipinski definition) is 5. The lowest BCUT2D eigenvalue weighted by Gasteiger charge is -2.30. The number of hydrogen-bond donors (Lipinski definition) is 1. The molecule has 24 heavy (non-hydrogen) atoms. The number of carbonyl (C=O) groups is 1. The average Bonchev–Trinajstić information content (AvgIpc) is 2.60. The summed E-state index contributed by atoms with van der Waals surface area (Å²) in [5.41, 5.74) is 0. The number of piperidine rings is 1. The van der Waals surface area contributed by atoms with Gasteiger partial charge in [0.1, 0.15) is 5.75 Å². The smallest absolute Gasteiger partial charge is 0.409 e. The molecule has 1 N–H and O–H groups in total. The summed E-state index contributed by atoms with van der Waals surface area (Å²) in [4.78, 5) is 13.3. The van der Waals surface area contributed by atoms with E-state index in [9.17, 15) is 13.2 Å². The Morgan fingerprint density at radius 1 is 1.25 bits per heavy atom. The first-order valence-corrected chi connectivity index (χ1v) is 9.50. The van der Waals surface area contributed by atoms with E-state index in [2.05, 4.69) is 9.46 Å². The fourth-order valence-corrected chi connectivity index (χ4v) is 3.76. The lowest BCUT2D eigenvalue weighted by atomic mass is 9.97. The standard InChI is InChI=1S/C16H24N2O5S/c1-3-23-14-4-6-15(7-5-14)24(20,21)17-12-13-8-10-18(11-9-13)16(19)22-2/h4-7,13,17H,3,8-12H2,1-2H3. The summed E-state index contributed by atoms with van der Waals surface area (Å²) < 4.78 is 37.3. The van der Waals surface area contributed by atoms with Gasteiger partial charge >= 0.3 is 6.09 Å². The molecule has 1 fully saturated rings. The zero-order valence-electron chi connectivity index (χ0n) is 14.0. The molecule has 8 heteroatoms. The van der Waals surface area contributed by atoms with Crippen molar-refractivity contribution < 1.29 is 22.7 Å². The van der Waals surface area contributed by atoms with Crippen LogP contribution < -0.4 is 9.46 Å². The van der Waals surface area contributed by atoms with Gasteiger partial charge in [-0.1, -0.05) is 0 Å². The van der Waals surface area contributed by atoms with E-state index in [1.165, 1.54) is 19.2 Å². The zero-order chi connectivity index (χ0) is 17.6. The summed E-state index contributed by atoms with van der Waals surface area (Å²) in [5, 5.41) is 0. The molecule has 0 aromatic heterocycles. The number of nitrogens with zero attached hydrogens (tertiary/aromatic N) is 1. The highest BCUT2D eigenvalue weighted by Crippen LogP contribution is 2.19. The summed E-state index contributed by atoms with van der Waals surface area (Å²) in [5.74, 6) is 0.856. The maximum Gasteiger partial charge on any atom is 0.409 e. The van der Waals surface area contributed by atoms with E-state index in [1.807, 2.05) is 6.92 Å². The molecule has 2 rings (SSSR count). The Morgan fingerprint density at radius 3 is 2.42 bits per heavy atom. The molecule has 1 aromatic rings. The topological polar surface area (TPSA) is 84.9 Å². The average molecular weight is 356 g/mol. The van der Waals surface area contributed by atoms with Crippen molar-refractivity contribution in [1.82, 2.24) is 9.62 Å². The molecule has 134 valence electrons. The predicted octanol–water partition coefficient (Wildman–Crippen LogP) is 1.84. The number of likely N-dealkylation sites (tertiary alicyclic amines) is 1. The molecule has 0 saturated carbocycles. The van der Waals surface area contributed by atoms with Crippen molar-refractivity contribution in [3.63, 3.8) is 0 Å². The summed E-state index contributed by atoms with van der Waals surface area (Å²) in [6.45, 7) is 3.95. The fraction of sp³-hybridized carbons (Fsp3) is 0.562. The van der Waals surface area contributed by atoms with Gasteiger partial charge < -0.3 is 14.4 Å². The molecule has 1 aromatic carbocycles. The van der Waals surface area contributed by atoms with Crippen LogP contribution in [-0.4, -0.2) is 52.8 Å². The second-order valence-electron chi connectivity index (χ2n) is 5.66. The van der Waals surface area contributed by atoms with Crippen LogP contribution in [0.1, 0.15) is 19.8 Å². The first-order valence-electron chi connectivity index (χ1n) is 8.01. The van der Waals surface area contributed by atoms with Gasteiger partial charge in [0.25, 0.3) is 0 Å². The highest BCUT2D eigenvalue weighted by Gasteiger charge is 2.24. The molecule has 0 radical (unpaired) electrons. The SMILES string of the molecule is CCOc1ccc(S(=O)(=O)NCC2CCN(C(=O)OC)CC2)cc1. The van der Waals surface area contributed by atoms with Gasteiger partial charge in [0.05, 0.1) is 18.6 Å². The number of benzene rings is 1. The number of sulfonamides is 1. The quantitative estimate of drug-likeness (QED) is 0.841. The monoisotopic (exact) mass is 356 g/mol. The van der Waals surface area contributed by atoms with E-state index in [-0.39, 0.29) is 16.9 Å². The molecular weight excluding hydrogens is 332 g/mol.